The Morgan fingerprint density at radius 2 is 1.24 bits per heavy atom. The number of carboxylic acid groups (broad SMARTS) is 1. The number of aliphatic carboxylic acids is 1. The van der Waals surface area contributed by atoms with Gasteiger partial charge in [-0.1, -0.05) is 95.2 Å². The van der Waals surface area contributed by atoms with E-state index in [1.807, 2.05) is 6.92 Å². The van der Waals surface area contributed by atoms with Crippen molar-refractivity contribution in [3.05, 3.63) is 37.0 Å². The summed E-state index contributed by atoms with van der Waals surface area (Å²) in [6, 6.07) is 0. The summed E-state index contributed by atoms with van der Waals surface area (Å²) in [5, 5.41) is 8.51. The van der Waals surface area contributed by atoms with Crippen LogP contribution in [0, 0.1) is 0 Å². The molecular formula is C23H42O2. The van der Waals surface area contributed by atoms with Crippen LogP contribution in [-0.2, 0) is 4.79 Å². The quantitative estimate of drug-likeness (QED) is 0.175. The van der Waals surface area contributed by atoms with Crippen molar-refractivity contribution in [2.75, 3.05) is 0 Å². The van der Waals surface area contributed by atoms with Crippen LogP contribution in [0.2, 0.25) is 0 Å². The Morgan fingerprint density at radius 1 is 0.840 bits per heavy atom. The highest BCUT2D eigenvalue weighted by molar-refractivity contribution is 5.66. The topological polar surface area (TPSA) is 37.3 Å². The Hall–Kier alpha value is -1.31. The minimum absolute atomic E-state index is 0.332. The van der Waals surface area contributed by atoms with Crippen LogP contribution in [-0.4, -0.2) is 11.1 Å². The van der Waals surface area contributed by atoms with E-state index in [1.165, 1.54) is 70.6 Å². The smallest absolute Gasteiger partial charge is 0.303 e. The molecule has 1 N–H and O–H groups in total. The van der Waals surface area contributed by atoms with Gasteiger partial charge in [-0.2, -0.15) is 0 Å². The lowest BCUT2D eigenvalue weighted by Crippen LogP contribution is -1.93. The fourth-order valence-corrected chi connectivity index (χ4v) is 2.35. The molecule has 0 aliphatic heterocycles. The molecule has 0 amide bonds. The van der Waals surface area contributed by atoms with E-state index in [1.54, 1.807) is 6.08 Å². The zero-order valence-electron chi connectivity index (χ0n) is 16.9. The van der Waals surface area contributed by atoms with Crippen LogP contribution in [0.15, 0.2) is 37.0 Å². The van der Waals surface area contributed by atoms with Crippen LogP contribution >= 0.6 is 0 Å². The summed E-state index contributed by atoms with van der Waals surface area (Å²) >= 11 is 0. The minimum Gasteiger partial charge on any atom is -0.481 e. The monoisotopic (exact) mass is 350 g/mol. The average Bonchev–Trinajstić information content (AvgIpc) is 2.58. The van der Waals surface area contributed by atoms with Gasteiger partial charge >= 0.3 is 5.97 Å². The highest BCUT2D eigenvalue weighted by Crippen LogP contribution is 2.09. The largest absolute Gasteiger partial charge is 0.481 e. The van der Waals surface area contributed by atoms with Crippen molar-refractivity contribution < 1.29 is 9.90 Å². The summed E-state index contributed by atoms with van der Waals surface area (Å²) < 4.78 is 0. The van der Waals surface area contributed by atoms with E-state index < -0.39 is 5.97 Å². The van der Waals surface area contributed by atoms with Crippen LogP contribution in [0.4, 0.5) is 0 Å². The molecule has 0 rings (SSSR count). The first kappa shape index (κ1) is 25.9. The molecule has 0 aromatic heterocycles. The van der Waals surface area contributed by atoms with Crippen LogP contribution < -0.4 is 0 Å². The van der Waals surface area contributed by atoms with Gasteiger partial charge < -0.3 is 5.11 Å². The summed E-state index contributed by atoms with van der Waals surface area (Å²) in [7, 11) is 0. The molecule has 0 aliphatic carbocycles. The predicted molar refractivity (Wildman–Crippen MR) is 112 cm³/mol. The highest BCUT2D eigenvalue weighted by atomic mass is 16.4. The van der Waals surface area contributed by atoms with Gasteiger partial charge in [0, 0.05) is 6.42 Å². The van der Waals surface area contributed by atoms with Gasteiger partial charge in [-0.3, -0.25) is 4.79 Å². The third-order valence-electron chi connectivity index (χ3n) is 4.00. The fraction of sp³-hybridized carbons (Fsp3) is 0.696. The van der Waals surface area contributed by atoms with E-state index in [9.17, 15) is 4.79 Å². The SMILES string of the molecule is C=CC(=C)C.CCCCCCCC/C=C\CCCCCCCC(=O)O. The maximum Gasteiger partial charge on any atom is 0.303 e. The number of hydrogen-bond donors (Lipinski definition) is 1. The van der Waals surface area contributed by atoms with E-state index in [0.29, 0.717) is 6.42 Å². The Bertz CT molecular complexity index is 342. The van der Waals surface area contributed by atoms with Gasteiger partial charge in [0.2, 0.25) is 0 Å². The van der Waals surface area contributed by atoms with Gasteiger partial charge in [-0.05, 0) is 39.0 Å². The van der Waals surface area contributed by atoms with Gasteiger partial charge in [0.25, 0.3) is 0 Å². The normalized spacial score (nSPS) is 10.3. The lowest BCUT2D eigenvalue weighted by molar-refractivity contribution is -0.137. The third kappa shape index (κ3) is 31.0. The molecule has 0 aliphatic rings. The molecule has 0 fully saturated rings. The van der Waals surface area contributed by atoms with E-state index in [4.69, 9.17) is 5.11 Å². The number of unbranched alkanes of at least 4 members (excludes halogenated alkanes) is 11. The van der Waals surface area contributed by atoms with Crippen molar-refractivity contribution in [2.24, 2.45) is 0 Å². The number of rotatable bonds is 16. The summed E-state index contributed by atoms with van der Waals surface area (Å²) in [5.74, 6) is -0.664. The highest BCUT2D eigenvalue weighted by Gasteiger charge is 1.95. The Morgan fingerprint density at radius 3 is 1.64 bits per heavy atom. The zero-order chi connectivity index (χ0) is 19.2. The van der Waals surface area contributed by atoms with Crippen molar-refractivity contribution in [3.8, 4) is 0 Å². The Kier molecular flexibility index (Phi) is 23.5. The molecule has 0 aromatic carbocycles. The molecule has 0 bridgehead atoms. The lowest BCUT2D eigenvalue weighted by atomic mass is 10.1. The number of allylic oxidation sites excluding steroid dienone is 4. The van der Waals surface area contributed by atoms with Gasteiger partial charge in [0.05, 0.1) is 0 Å². The second-order valence-corrected chi connectivity index (χ2v) is 6.78. The van der Waals surface area contributed by atoms with E-state index in [2.05, 4.69) is 32.2 Å². The van der Waals surface area contributed by atoms with Crippen LogP contribution in [0.25, 0.3) is 0 Å². The number of hydrogen-bond acceptors (Lipinski definition) is 1. The Balaban J connectivity index is 0. The third-order valence-corrected chi connectivity index (χ3v) is 4.00. The first-order valence-electron chi connectivity index (χ1n) is 10.2. The first-order valence-corrected chi connectivity index (χ1v) is 10.2. The minimum atomic E-state index is -0.664. The molecule has 0 radical (unpaired) electrons. The maximum absolute atomic E-state index is 10.3. The molecule has 0 spiro atoms. The van der Waals surface area contributed by atoms with Gasteiger partial charge in [0.15, 0.2) is 0 Å². The average molecular weight is 351 g/mol. The van der Waals surface area contributed by atoms with Gasteiger partial charge in [-0.15, -0.1) is 0 Å². The standard InChI is InChI=1S/C18H34O2.C5H8/c1-2-3-4-5-6-7-8-9-10-11-12-13-14-15-16-17-18(19)20;1-4-5(2)3/h9-10H,2-8,11-17H2,1H3,(H,19,20);4H,1-2H2,3H3/b10-9-;. The summed E-state index contributed by atoms with van der Waals surface area (Å²) in [6.07, 6.45) is 23.0. The number of carbonyl (C=O) groups is 1. The molecule has 25 heavy (non-hydrogen) atoms. The Labute approximate surface area is 157 Å². The van der Waals surface area contributed by atoms with E-state index in [-0.39, 0.29) is 0 Å². The van der Waals surface area contributed by atoms with Crippen LogP contribution in [0.5, 0.6) is 0 Å². The van der Waals surface area contributed by atoms with Crippen molar-refractivity contribution >= 4 is 5.97 Å². The summed E-state index contributed by atoms with van der Waals surface area (Å²) in [4.78, 5) is 10.3. The molecular weight excluding hydrogens is 308 g/mol. The molecule has 0 unspecified atom stereocenters. The molecule has 0 heterocycles. The van der Waals surface area contributed by atoms with E-state index >= 15 is 0 Å². The second-order valence-electron chi connectivity index (χ2n) is 6.78. The zero-order valence-corrected chi connectivity index (χ0v) is 16.9. The molecule has 0 saturated heterocycles. The summed E-state index contributed by atoms with van der Waals surface area (Å²) in [5.41, 5.74) is 1.02. The fourth-order valence-electron chi connectivity index (χ4n) is 2.35. The molecule has 0 saturated carbocycles. The second kappa shape index (κ2) is 22.7. The summed E-state index contributed by atoms with van der Waals surface area (Å²) in [6.45, 7) is 11.2. The lowest BCUT2D eigenvalue weighted by Gasteiger charge is -1.99. The van der Waals surface area contributed by atoms with Crippen LogP contribution in [0.3, 0.4) is 0 Å². The predicted octanol–water partition coefficient (Wildman–Crippen LogP) is 7.86. The maximum atomic E-state index is 10.3. The van der Waals surface area contributed by atoms with E-state index in [0.717, 1.165) is 18.4 Å². The molecule has 2 heteroatoms. The van der Waals surface area contributed by atoms with Crippen molar-refractivity contribution in [1.29, 1.82) is 0 Å². The molecule has 0 aromatic rings. The van der Waals surface area contributed by atoms with Gasteiger partial charge in [-0.25, -0.2) is 0 Å². The first-order chi connectivity index (χ1) is 12.0. The van der Waals surface area contributed by atoms with Crippen molar-refractivity contribution in [2.45, 2.75) is 104 Å². The van der Waals surface area contributed by atoms with Crippen LogP contribution in [0.1, 0.15) is 104 Å². The molecule has 2 nitrogen and oxygen atoms in total. The van der Waals surface area contributed by atoms with Gasteiger partial charge in [0.1, 0.15) is 0 Å². The van der Waals surface area contributed by atoms with Crippen molar-refractivity contribution in [1.82, 2.24) is 0 Å². The molecule has 146 valence electrons. The number of carboxylic acids is 1. The molecule has 0 atom stereocenters. The van der Waals surface area contributed by atoms with Crippen molar-refractivity contribution in [3.63, 3.8) is 0 Å².